The summed E-state index contributed by atoms with van der Waals surface area (Å²) in [6.45, 7) is 1.44. The monoisotopic (exact) mass is 159 g/mol. The zero-order chi connectivity index (χ0) is 8.39. The molecule has 0 amide bonds. The Bertz CT molecular complexity index is 268. The van der Waals surface area contributed by atoms with E-state index in [2.05, 4.69) is 12.2 Å². The molecule has 60 valence electrons. The molecular weight excluding hydrogens is 149 g/mol. The maximum atomic E-state index is 5.77. The van der Waals surface area contributed by atoms with Crippen LogP contribution in [0.15, 0.2) is 35.8 Å². The van der Waals surface area contributed by atoms with Gasteiger partial charge < -0.3 is 9.55 Å². The Morgan fingerprint density at radius 1 is 1.33 bits per heavy atom. The maximum Gasteiger partial charge on any atom is 0.226 e. The Morgan fingerprint density at radius 3 is 3.08 bits per heavy atom. The second-order valence-electron chi connectivity index (χ2n) is 2.83. The molecule has 0 N–H and O–H groups in total. The van der Waals surface area contributed by atoms with E-state index < -0.39 is 0 Å². The Balaban J connectivity index is 2.36. The molecule has 1 aliphatic heterocycles. The predicted molar refractivity (Wildman–Crippen MR) is 48.3 cm³/mol. The van der Waals surface area contributed by atoms with Gasteiger partial charge >= 0.3 is 0 Å². The zero-order valence-electron chi connectivity index (χ0n) is 6.86. The highest BCUT2D eigenvalue weighted by Gasteiger charge is 2.14. The molecule has 0 bridgehead atoms. The van der Waals surface area contributed by atoms with E-state index in [1.165, 1.54) is 0 Å². The molecule has 2 radical (unpaired) electrons. The molecule has 0 aromatic carbocycles. The summed E-state index contributed by atoms with van der Waals surface area (Å²) in [5, 5.41) is 0. The van der Waals surface area contributed by atoms with Gasteiger partial charge in [-0.15, -0.1) is 0 Å². The summed E-state index contributed by atoms with van der Waals surface area (Å²) in [7, 11) is 5.77. The van der Waals surface area contributed by atoms with Crippen LogP contribution in [0.4, 0.5) is 0 Å². The van der Waals surface area contributed by atoms with E-state index in [9.17, 15) is 0 Å². The lowest BCUT2D eigenvalue weighted by Crippen LogP contribution is -2.29. The van der Waals surface area contributed by atoms with Gasteiger partial charge in [0.2, 0.25) is 7.98 Å². The van der Waals surface area contributed by atoms with Gasteiger partial charge in [0.25, 0.3) is 0 Å². The highest BCUT2D eigenvalue weighted by atomic mass is 16.5. The number of nitrogens with zero attached hydrogens (tertiary/aromatic N) is 1. The number of rotatable bonds is 0. The van der Waals surface area contributed by atoms with Crippen LogP contribution in [0.5, 0.6) is 0 Å². The van der Waals surface area contributed by atoms with Gasteiger partial charge in [-0.3, -0.25) is 0 Å². The largest absolute Gasteiger partial charge is 0.490 e. The van der Waals surface area contributed by atoms with Crippen LogP contribution in [0.2, 0.25) is 0 Å². The van der Waals surface area contributed by atoms with Crippen molar-refractivity contribution in [3.05, 3.63) is 35.8 Å². The Labute approximate surface area is 73.6 Å². The average Bonchev–Trinajstić information content (AvgIpc) is 2.30. The summed E-state index contributed by atoms with van der Waals surface area (Å²) in [5.74, 6) is 0.887. The summed E-state index contributed by atoms with van der Waals surface area (Å²) in [4.78, 5) is 1.73. The van der Waals surface area contributed by atoms with Crippen LogP contribution in [0.3, 0.4) is 0 Å². The number of hydrogen-bond acceptors (Lipinski definition) is 2. The molecule has 0 atom stereocenters. The van der Waals surface area contributed by atoms with Gasteiger partial charge in [-0.2, -0.15) is 0 Å². The minimum absolute atomic E-state index is 0.674. The molecule has 0 aromatic heterocycles. The first kappa shape index (κ1) is 7.53. The van der Waals surface area contributed by atoms with E-state index in [1.807, 2.05) is 12.2 Å². The van der Waals surface area contributed by atoms with E-state index in [-0.39, 0.29) is 0 Å². The minimum atomic E-state index is 0.674. The fourth-order valence-corrected chi connectivity index (χ4v) is 1.33. The lowest BCUT2D eigenvalue weighted by molar-refractivity contribution is 0.178. The molecule has 0 saturated heterocycles. The number of ether oxygens (including phenoxy) is 1. The molecule has 3 heteroatoms. The molecule has 2 rings (SSSR count). The molecule has 1 aliphatic carbocycles. The van der Waals surface area contributed by atoms with Crippen molar-refractivity contribution in [1.82, 2.24) is 4.81 Å². The van der Waals surface area contributed by atoms with E-state index >= 15 is 0 Å². The molecule has 2 aliphatic rings. The van der Waals surface area contributed by atoms with Gasteiger partial charge in [0, 0.05) is 6.54 Å². The van der Waals surface area contributed by atoms with Crippen LogP contribution in [0, 0.1) is 0 Å². The normalized spacial score (nSPS) is 21.8. The first-order valence-electron chi connectivity index (χ1n) is 4.10. The van der Waals surface area contributed by atoms with Gasteiger partial charge in [-0.1, -0.05) is 12.2 Å². The van der Waals surface area contributed by atoms with Crippen molar-refractivity contribution in [3.63, 3.8) is 0 Å². The lowest BCUT2D eigenvalue weighted by Gasteiger charge is -2.28. The van der Waals surface area contributed by atoms with Crippen molar-refractivity contribution in [2.45, 2.75) is 6.42 Å². The summed E-state index contributed by atoms with van der Waals surface area (Å²) in [6, 6.07) is 0. The molecule has 0 fully saturated rings. The van der Waals surface area contributed by atoms with Crippen molar-refractivity contribution in [3.8, 4) is 0 Å². The van der Waals surface area contributed by atoms with Gasteiger partial charge in [0.15, 0.2) is 0 Å². The molecule has 12 heavy (non-hydrogen) atoms. The molecule has 0 unspecified atom stereocenters. The van der Waals surface area contributed by atoms with Crippen LogP contribution in [0.25, 0.3) is 0 Å². The lowest BCUT2D eigenvalue weighted by atomic mass is 10.2. The molecular formula is C9H10BNO. The standard InChI is InChI=1S/C9H10BNO/c10-11-6-7-12-9-5-3-1-2-4-8(9)11/h2-5H,1,6-7H2. The van der Waals surface area contributed by atoms with Crippen LogP contribution >= 0.6 is 0 Å². The molecule has 2 nitrogen and oxygen atoms in total. The molecule has 1 heterocycles. The SMILES string of the molecule is [B]N1CCOC2=C1C=CCC=C2. The highest BCUT2D eigenvalue weighted by Crippen LogP contribution is 2.19. The summed E-state index contributed by atoms with van der Waals surface area (Å²) < 4.78 is 5.45. The van der Waals surface area contributed by atoms with Crippen molar-refractivity contribution in [2.24, 2.45) is 0 Å². The van der Waals surface area contributed by atoms with Crippen molar-refractivity contribution in [1.29, 1.82) is 0 Å². The summed E-state index contributed by atoms with van der Waals surface area (Å²) >= 11 is 0. The van der Waals surface area contributed by atoms with E-state index in [4.69, 9.17) is 12.7 Å². The van der Waals surface area contributed by atoms with Gasteiger partial charge in [-0.25, -0.2) is 0 Å². The molecule has 0 aromatic rings. The van der Waals surface area contributed by atoms with Crippen LogP contribution in [-0.4, -0.2) is 25.9 Å². The minimum Gasteiger partial charge on any atom is -0.490 e. The second-order valence-corrected chi connectivity index (χ2v) is 2.83. The maximum absolute atomic E-state index is 5.77. The Morgan fingerprint density at radius 2 is 2.17 bits per heavy atom. The summed E-state index contributed by atoms with van der Waals surface area (Å²) in [5.41, 5.74) is 0.981. The van der Waals surface area contributed by atoms with Crippen molar-refractivity contribution in [2.75, 3.05) is 13.2 Å². The van der Waals surface area contributed by atoms with E-state index in [1.54, 1.807) is 4.81 Å². The fourth-order valence-electron chi connectivity index (χ4n) is 1.33. The van der Waals surface area contributed by atoms with E-state index in [0.717, 1.165) is 24.4 Å². The zero-order valence-corrected chi connectivity index (χ0v) is 6.86. The smallest absolute Gasteiger partial charge is 0.226 e. The third-order valence-electron chi connectivity index (χ3n) is 1.97. The first-order valence-corrected chi connectivity index (χ1v) is 4.10. The van der Waals surface area contributed by atoms with Gasteiger partial charge in [0.05, 0.1) is 5.70 Å². The predicted octanol–water partition coefficient (Wildman–Crippen LogP) is 1.13. The van der Waals surface area contributed by atoms with Crippen molar-refractivity contribution >= 4 is 7.98 Å². The summed E-state index contributed by atoms with van der Waals surface area (Å²) in [6.07, 6.45) is 9.08. The molecule has 0 spiro atoms. The highest BCUT2D eigenvalue weighted by molar-refractivity contribution is 6.06. The Kier molecular flexibility index (Phi) is 1.94. The second kappa shape index (κ2) is 3.09. The third-order valence-corrected chi connectivity index (χ3v) is 1.97. The van der Waals surface area contributed by atoms with Gasteiger partial charge in [-0.05, 0) is 18.6 Å². The molecule has 0 saturated carbocycles. The first-order chi connectivity index (χ1) is 5.88. The van der Waals surface area contributed by atoms with Crippen molar-refractivity contribution < 1.29 is 4.74 Å². The van der Waals surface area contributed by atoms with Crippen LogP contribution < -0.4 is 0 Å². The third kappa shape index (κ3) is 1.27. The van der Waals surface area contributed by atoms with Crippen LogP contribution in [0.1, 0.15) is 6.42 Å². The fraction of sp³-hybridized carbons (Fsp3) is 0.333. The average molecular weight is 159 g/mol. The number of allylic oxidation sites excluding steroid dienone is 4. The number of hydrogen-bond donors (Lipinski definition) is 0. The topological polar surface area (TPSA) is 12.5 Å². The van der Waals surface area contributed by atoms with Gasteiger partial charge in [0.1, 0.15) is 12.4 Å². The Hall–Kier alpha value is -1.12. The van der Waals surface area contributed by atoms with E-state index in [0.29, 0.717) is 6.61 Å². The quantitative estimate of drug-likeness (QED) is 0.491. The van der Waals surface area contributed by atoms with Crippen LogP contribution in [-0.2, 0) is 4.74 Å².